The van der Waals surface area contributed by atoms with Crippen molar-refractivity contribution >= 4 is 11.6 Å². The van der Waals surface area contributed by atoms with Gasteiger partial charge >= 0.3 is 0 Å². The molecule has 1 N–H and O–H groups in total. The summed E-state index contributed by atoms with van der Waals surface area (Å²) in [5.41, 5.74) is 1.59. The van der Waals surface area contributed by atoms with Crippen molar-refractivity contribution in [3.05, 3.63) is 29.6 Å². The lowest BCUT2D eigenvalue weighted by atomic mass is 9.87. The van der Waals surface area contributed by atoms with Crippen molar-refractivity contribution in [2.45, 2.75) is 48.0 Å². The van der Waals surface area contributed by atoms with E-state index in [1.165, 1.54) is 19.1 Å². The van der Waals surface area contributed by atoms with Crippen LogP contribution in [0.4, 0.5) is 10.1 Å². The van der Waals surface area contributed by atoms with Crippen molar-refractivity contribution in [3.8, 4) is 0 Å². The Morgan fingerprint density at radius 3 is 2.28 bits per heavy atom. The molecule has 1 aromatic rings. The van der Waals surface area contributed by atoms with Crippen molar-refractivity contribution in [1.82, 2.24) is 0 Å². The van der Waals surface area contributed by atoms with Crippen LogP contribution < -0.4 is 5.32 Å². The first kappa shape index (κ1) is 16.6. The molecule has 2 nitrogen and oxygen atoms in total. The fourth-order valence-corrected chi connectivity index (χ4v) is 1.59. The molecule has 1 aromatic carbocycles. The average molecular weight is 253 g/mol. The van der Waals surface area contributed by atoms with Crippen LogP contribution in [0.2, 0.25) is 0 Å². The van der Waals surface area contributed by atoms with Gasteiger partial charge in [-0.15, -0.1) is 0 Å². The Labute approximate surface area is 110 Å². The van der Waals surface area contributed by atoms with E-state index in [1.54, 1.807) is 6.07 Å². The van der Waals surface area contributed by atoms with E-state index in [4.69, 9.17) is 0 Å². The summed E-state index contributed by atoms with van der Waals surface area (Å²) in [6.07, 6.45) is 0.723. The second-order valence-electron chi connectivity index (χ2n) is 5.22. The van der Waals surface area contributed by atoms with E-state index in [0.717, 1.165) is 12.0 Å². The van der Waals surface area contributed by atoms with Crippen molar-refractivity contribution < 1.29 is 9.18 Å². The second-order valence-corrected chi connectivity index (χ2v) is 5.22. The third-order valence-electron chi connectivity index (χ3n) is 2.10. The molecule has 0 aliphatic rings. The summed E-state index contributed by atoms with van der Waals surface area (Å²) >= 11 is 0. The molecule has 0 aliphatic carbocycles. The molecular formula is C15H24FNO. The number of halogens is 1. The summed E-state index contributed by atoms with van der Waals surface area (Å²) in [6, 6.07) is 4.45. The predicted octanol–water partition coefficient (Wildman–Crippen LogP) is 4.40. The van der Waals surface area contributed by atoms with Gasteiger partial charge in [0.1, 0.15) is 5.82 Å². The number of benzene rings is 1. The lowest BCUT2D eigenvalue weighted by molar-refractivity contribution is -0.114. The molecule has 0 heterocycles. The van der Waals surface area contributed by atoms with E-state index >= 15 is 0 Å². The van der Waals surface area contributed by atoms with Gasteiger partial charge in [-0.3, -0.25) is 4.79 Å². The van der Waals surface area contributed by atoms with Crippen LogP contribution in [0.1, 0.15) is 47.1 Å². The van der Waals surface area contributed by atoms with E-state index in [1.807, 2.05) is 13.8 Å². The van der Waals surface area contributed by atoms with Crippen LogP contribution in [-0.2, 0) is 11.2 Å². The Morgan fingerprint density at radius 1 is 1.28 bits per heavy atom. The van der Waals surface area contributed by atoms with Gasteiger partial charge in [0.2, 0.25) is 5.91 Å². The number of carbonyl (C=O) groups is 1. The lowest BCUT2D eigenvalue weighted by Crippen LogP contribution is -2.14. The minimum Gasteiger partial charge on any atom is -0.326 e. The smallest absolute Gasteiger partial charge is 0.221 e. The van der Waals surface area contributed by atoms with E-state index < -0.39 is 0 Å². The van der Waals surface area contributed by atoms with Crippen LogP contribution in [0.5, 0.6) is 0 Å². The highest BCUT2D eigenvalue weighted by atomic mass is 19.1. The zero-order valence-corrected chi connectivity index (χ0v) is 12.2. The molecule has 0 fully saturated rings. The Morgan fingerprint density at radius 2 is 1.83 bits per heavy atom. The van der Waals surface area contributed by atoms with Crippen molar-refractivity contribution in [2.75, 3.05) is 5.32 Å². The van der Waals surface area contributed by atoms with Gasteiger partial charge in [0.15, 0.2) is 0 Å². The molecule has 0 atom stereocenters. The predicted molar refractivity (Wildman–Crippen MR) is 75.2 cm³/mol. The van der Waals surface area contributed by atoms with E-state index in [-0.39, 0.29) is 17.1 Å². The summed E-state index contributed by atoms with van der Waals surface area (Å²) in [6.45, 7) is 11.7. The first-order chi connectivity index (χ1) is 8.28. The van der Waals surface area contributed by atoms with E-state index in [9.17, 15) is 9.18 Å². The molecule has 0 saturated carbocycles. The zero-order chi connectivity index (χ0) is 14.3. The molecular weight excluding hydrogens is 229 g/mol. The Hall–Kier alpha value is -1.38. The van der Waals surface area contributed by atoms with Crippen LogP contribution in [0.25, 0.3) is 0 Å². The quantitative estimate of drug-likeness (QED) is 0.831. The van der Waals surface area contributed by atoms with Gasteiger partial charge in [-0.25, -0.2) is 4.39 Å². The largest absolute Gasteiger partial charge is 0.326 e. The summed E-state index contributed by atoms with van der Waals surface area (Å²) in [7, 11) is 0. The lowest BCUT2D eigenvalue weighted by Gasteiger charge is -2.20. The molecule has 1 rings (SSSR count). The van der Waals surface area contributed by atoms with Crippen molar-refractivity contribution in [1.29, 1.82) is 0 Å². The highest BCUT2D eigenvalue weighted by Crippen LogP contribution is 2.26. The standard InChI is InChI=1S/C13H18FNO.C2H6/c1-9(16)15-12-6-5-11(14)7-10(12)8-13(2,3)4;1-2/h5-7H,8H2,1-4H3,(H,15,16);1-2H3. The van der Waals surface area contributed by atoms with Crippen LogP contribution in [0.3, 0.4) is 0 Å². The summed E-state index contributed by atoms with van der Waals surface area (Å²) < 4.78 is 13.1. The average Bonchev–Trinajstić information content (AvgIpc) is 2.22. The van der Waals surface area contributed by atoms with Crippen LogP contribution in [0.15, 0.2) is 18.2 Å². The monoisotopic (exact) mass is 253 g/mol. The van der Waals surface area contributed by atoms with Crippen molar-refractivity contribution in [2.24, 2.45) is 5.41 Å². The molecule has 0 bridgehead atoms. The molecule has 0 saturated heterocycles. The Balaban J connectivity index is 0.00000137. The fourth-order valence-electron chi connectivity index (χ4n) is 1.59. The van der Waals surface area contributed by atoms with Gasteiger partial charge < -0.3 is 5.32 Å². The minimum atomic E-state index is -0.270. The first-order valence-corrected chi connectivity index (χ1v) is 6.34. The minimum absolute atomic E-state index is 0.0566. The molecule has 1 amide bonds. The van der Waals surface area contributed by atoms with Gasteiger partial charge in [0, 0.05) is 12.6 Å². The SMILES string of the molecule is CC.CC(=O)Nc1ccc(F)cc1CC(C)(C)C. The van der Waals surface area contributed by atoms with Gasteiger partial charge in [0.25, 0.3) is 0 Å². The van der Waals surface area contributed by atoms with Gasteiger partial charge in [-0.1, -0.05) is 34.6 Å². The number of nitrogens with one attached hydrogen (secondary N) is 1. The molecule has 0 aromatic heterocycles. The summed E-state index contributed by atoms with van der Waals surface area (Å²) in [4.78, 5) is 11.0. The molecule has 0 radical (unpaired) electrons. The second kappa shape index (κ2) is 7.14. The molecule has 0 unspecified atom stereocenters. The van der Waals surface area contributed by atoms with E-state index in [0.29, 0.717) is 5.69 Å². The number of carbonyl (C=O) groups excluding carboxylic acids is 1. The summed E-state index contributed by atoms with van der Waals surface area (Å²) in [5, 5.41) is 2.72. The fraction of sp³-hybridized carbons (Fsp3) is 0.533. The first-order valence-electron chi connectivity index (χ1n) is 6.34. The number of hydrogen-bond acceptors (Lipinski definition) is 1. The third-order valence-corrected chi connectivity index (χ3v) is 2.10. The number of amides is 1. The number of rotatable bonds is 2. The van der Waals surface area contributed by atoms with Gasteiger partial charge in [-0.2, -0.15) is 0 Å². The highest BCUT2D eigenvalue weighted by Gasteiger charge is 2.15. The number of anilines is 1. The molecule has 18 heavy (non-hydrogen) atoms. The van der Waals surface area contributed by atoms with Crippen molar-refractivity contribution in [3.63, 3.8) is 0 Å². The van der Waals surface area contributed by atoms with Gasteiger partial charge in [0.05, 0.1) is 0 Å². The van der Waals surface area contributed by atoms with E-state index in [2.05, 4.69) is 26.1 Å². The maximum absolute atomic E-state index is 13.1. The van der Waals surface area contributed by atoms with Crippen LogP contribution in [0, 0.1) is 11.2 Å². The maximum atomic E-state index is 13.1. The zero-order valence-electron chi connectivity index (χ0n) is 12.2. The third kappa shape index (κ3) is 6.38. The Kier molecular flexibility index (Phi) is 6.60. The molecule has 0 spiro atoms. The number of hydrogen-bond donors (Lipinski definition) is 1. The van der Waals surface area contributed by atoms with Crippen LogP contribution >= 0.6 is 0 Å². The Bertz CT molecular complexity index is 394. The molecule has 102 valence electrons. The topological polar surface area (TPSA) is 29.1 Å². The normalized spacial score (nSPS) is 10.4. The molecule has 3 heteroatoms. The van der Waals surface area contributed by atoms with Gasteiger partial charge in [-0.05, 0) is 35.6 Å². The summed E-state index contributed by atoms with van der Waals surface area (Å²) in [5.74, 6) is -0.407. The molecule has 0 aliphatic heterocycles. The maximum Gasteiger partial charge on any atom is 0.221 e. The highest BCUT2D eigenvalue weighted by molar-refractivity contribution is 5.89. The van der Waals surface area contributed by atoms with Crippen LogP contribution in [-0.4, -0.2) is 5.91 Å².